The average molecular weight is 645 g/mol. The van der Waals surface area contributed by atoms with Crippen LogP contribution in [0.25, 0.3) is 33.9 Å². The van der Waals surface area contributed by atoms with Gasteiger partial charge in [0, 0.05) is 41.5 Å². The zero-order valence-electron chi connectivity index (χ0n) is 25.2. The van der Waals surface area contributed by atoms with Gasteiger partial charge >= 0.3 is 7.12 Å². The number of aryl methyl sites for hydroxylation is 4. The highest BCUT2D eigenvalue weighted by molar-refractivity contribution is 9.10. The largest absolute Gasteiger partial charge is 0.488 e. The average Bonchev–Trinajstić information content (AvgIpc) is 3.03. The normalized spacial score (nSPS) is 10.2. The zero-order chi connectivity index (χ0) is 31.5. The number of benzene rings is 4. The summed E-state index contributed by atoms with van der Waals surface area (Å²) in [5.41, 5.74) is 9.33. The lowest BCUT2D eigenvalue weighted by molar-refractivity contribution is 0.425. The van der Waals surface area contributed by atoms with Gasteiger partial charge < -0.3 is 10.0 Å². The van der Waals surface area contributed by atoms with Crippen LogP contribution in [0.15, 0.2) is 126 Å². The number of halogens is 1. The number of nitrogens with zero attached hydrogens (tertiary/aromatic N) is 4. The Morgan fingerprint density at radius 1 is 0.477 bits per heavy atom. The number of aromatic nitrogens is 4. The van der Waals surface area contributed by atoms with Gasteiger partial charge in [-0.15, -0.1) is 0 Å². The molecule has 0 unspecified atom stereocenters. The molecule has 0 aliphatic rings. The summed E-state index contributed by atoms with van der Waals surface area (Å²) in [4.78, 5) is 17.4. The van der Waals surface area contributed by atoms with Crippen molar-refractivity contribution in [2.45, 2.75) is 27.7 Å². The summed E-state index contributed by atoms with van der Waals surface area (Å²) in [7, 11) is -1.35. The van der Waals surface area contributed by atoms with E-state index in [0.29, 0.717) is 5.46 Å². The fourth-order valence-corrected chi connectivity index (χ4v) is 4.95. The van der Waals surface area contributed by atoms with E-state index in [1.165, 1.54) is 16.7 Å². The first-order chi connectivity index (χ1) is 21.2. The second-order valence-corrected chi connectivity index (χ2v) is 11.1. The third-order valence-corrected chi connectivity index (χ3v) is 7.32. The molecule has 4 aromatic carbocycles. The van der Waals surface area contributed by atoms with Gasteiger partial charge in [-0.05, 0) is 65.8 Å². The topological polar surface area (TPSA) is 92.0 Å². The van der Waals surface area contributed by atoms with Crippen molar-refractivity contribution in [3.05, 3.63) is 149 Å². The molecule has 6 aromatic rings. The Kier molecular flexibility index (Phi) is 11.7. The molecule has 0 saturated carbocycles. The van der Waals surface area contributed by atoms with E-state index in [-0.39, 0.29) is 0 Å². The fourth-order valence-electron chi connectivity index (χ4n) is 4.75. The van der Waals surface area contributed by atoms with Crippen molar-refractivity contribution >= 4 is 28.5 Å². The summed E-state index contributed by atoms with van der Waals surface area (Å²) in [5, 5.41) is 17.9. The molecule has 0 bridgehead atoms. The third-order valence-electron chi connectivity index (χ3n) is 6.91. The molecular formula is C36H34BBrN4O2. The van der Waals surface area contributed by atoms with Crippen LogP contribution >= 0.6 is 15.9 Å². The molecular weight excluding hydrogens is 611 g/mol. The number of hydrogen-bond acceptors (Lipinski definition) is 6. The third kappa shape index (κ3) is 8.77. The summed E-state index contributed by atoms with van der Waals surface area (Å²) < 4.78 is 0.896. The Hall–Kier alpha value is -4.50. The van der Waals surface area contributed by atoms with Crippen LogP contribution in [0.5, 0.6) is 0 Å². The molecule has 6 rings (SSSR count). The van der Waals surface area contributed by atoms with Crippen LogP contribution in [-0.4, -0.2) is 37.1 Å². The van der Waals surface area contributed by atoms with Gasteiger partial charge in [-0.3, -0.25) is 0 Å². The van der Waals surface area contributed by atoms with E-state index in [1.54, 1.807) is 12.4 Å². The van der Waals surface area contributed by atoms with Crippen LogP contribution in [0.2, 0.25) is 0 Å². The summed E-state index contributed by atoms with van der Waals surface area (Å²) in [6.45, 7) is 7.96. The van der Waals surface area contributed by atoms with Crippen LogP contribution < -0.4 is 5.46 Å². The smallest absolute Gasteiger partial charge is 0.423 e. The molecule has 0 spiro atoms. The van der Waals surface area contributed by atoms with Gasteiger partial charge in [0.05, 0.1) is 4.47 Å². The summed E-state index contributed by atoms with van der Waals surface area (Å²) in [6, 6.07) is 31.9. The van der Waals surface area contributed by atoms with Gasteiger partial charge in [-0.2, -0.15) is 0 Å². The standard InChI is InChI=1S/C18H16N2.C10H7BrN2.C8H11BO2/c1-13-7-6-8-14(2)17(13)16-11-19-18(20-12-16)15-9-4-3-5-10-15;11-9-6-12-10(13-7-9)8-4-2-1-3-5-8;1-6-4-3-5-7(2)8(6)9(10)11/h3-12H,1-2H3;1-7H;3-5,10-11H,1-2H3. The van der Waals surface area contributed by atoms with E-state index in [2.05, 4.69) is 67.9 Å². The minimum Gasteiger partial charge on any atom is -0.423 e. The summed E-state index contributed by atoms with van der Waals surface area (Å²) >= 11 is 3.29. The van der Waals surface area contributed by atoms with Gasteiger partial charge in [0.1, 0.15) is 0 Å². The predicted molar refractivity (Wildman–Crippen MR) is 183 cm³/mol. The van der Waals surface area contributed by atoms with Gasteiger partial charge in [0.25, 0.3) is 0 Å². The van der Waals surface area contributed by atoms with E-state index in [1.807, 2.05) is 105 Å². The molecule has 6 nitrogen and oxygen atoms in total. The molecule has 0 radical (unpaired) electrons. The van der Waals surface area contributed by atoms with Crippen molar-refractivity contribution < 1.29 is 10.0 Å². The Morgan fingerprint density at radius 2 is 0.864 bits per heavy atom. The zero-order valence-corrected chi connectivity index (χ0v) is 26.8. The van der Waals surface area contributed by atoms with Crippen LogP contribution in [0, 0.1) is 27.7 Å². The van der Waals surface area contributed by atoms with E-state index >= 15 is 0 Å². The van der Waals surface area contributed by atoms with E-state index in [4.69, 9.17) is 10.0 Å². The van der Waals surface area contributed by atoms with E-state index < -0.39 is 7.12 Å². The van der Waals surface area contributed by atoms with Gasteiger partial charge in [0.15, 0.2) is 11.6 Å². The van der Waals surface area contributed by atoms with Gasteiger partial charge in [-0.25, -0.2) is 19.9 Å². The Morgan fingerprint density at radius 3 is 1.25 bits per heavy atom. The molecule has 220 valence electrons. The van der Waals surface area contributed by atoms with Crippen molar-refractivity contribution in [3.63, 3.8) is 0 Å². The van der Waals surface area contributed by atoms with Crippen molar-refractivity contribution in [3.8, 4) is 33.9 Å². The quantitative estimate of drug-likeness (QED) is 0.195. The summed E-state index contributed by atoms with van der Waals surface area (Å²) in [5.74, 6) is 1.52. The molecule has 0 atom stereocenters. The van der Waals surface area contributed by atoms with Gasteiger partial charge in [-0.1, -0.05) is 108 Å². The lowest BCUT2D eigenvalue weighted by Gasteiger charge is -2.09. The fraction of sp³-hybridized carbons (Fsp3) is 0.111. The lowest BCUT2D eigenvalue weighted by Crippen LogP contribution is -2.34. The predicted octanol–water partition coefficient (Wildman–Crippen LogP) is 7.32. The van der Waals surface area contributed by atoms with Crippen molar-refractivity contribution in [1.82, 2.24) is 19.9 Å². The molecule has 2 N–H and O–H groups in total. The second kappa shape index (κ2) is 15.8. The van der Waals surface area contributed by atoms with Crippen LogP contribution in [-0.2, 0) is 0 Å². The van der Waals surface area contributed by atoms with Crippen LogP contribution in [0.3, 0.4) is 0 Å². The van der Waals surface area contributed by atoms with Crippen molar-refractivity contribution in [2.75, 3.05) is 0 Å². The molecule has 44 heavy (non-hydrogen) atoms. The molecule has 0 amide bonds. The Balaban J connectivity index is 0.000000160. The van der Waals surface area contributed by atoms with Crippen LogP contribution in [0.1, 0.15) is 22.3 Å². The molecule has 8 heteroatoms. The lowest BCUT2D eigenvalue weighted by atomic mass is 9.74. The molecule has 0 aliphatic carbocycles. The Labute approximate surface area is 267 Å². The molecule has 0 fully saturated rings. The SMILES string of the molecule is Brc1cnc(-c2ccccc2)nc1.Cc1cccc(C)c1-c1cnc(-c2ccccc2)nc1.Cc1cccc(C)c1B(O)O. The highest BCUT2D eigenvalue weighted by atomic mass is 79.9. The second-order valence-electron chi connectivity index (χ2n) is 10.2. The van der Waals surface area contributed by atoms with Gasteiger partial charge in [0.2, 0.25) is 0 Å². The van der Waals surface area contributed by atoms with Crippen molar-refractivity contribution in [1.29, 1.82) is 0 Å². The molecule has 2 heterocycles. The highest BCUT2D eigenvalue weighted by Gasteiger charge is 2.15. The minimum atomic E-state index is -1.35. The maximum Gasteiger partial charge on any atom is 0.488 e. The maximum absolute atomic E-state index is 8.94. The van der Waals surface area contributed by atoms with E-state index in [0.717, 1.165) is 43.9 Å². The highest BCUT2D eigenvalue weighted by Crippen LogP contribution is 2.26. The molecule has 0 aliphatic heterocycles. The Bertz CT molecular complexity index is 1730. The minimum absolute atomic E-state index is 0.618. The first-order valence-electron chi connectivity index (χ1n) is 14.1. The maximum atomic E-state index is 8.94. The molecule has 0 saturated heterocycles. The molecule has 2 aromatic heterocycles. The van der Waals surface area contributed by atoms with E-state index in [9.17, 15) is 0 Å². The number of hydrogen-bond donors (Lipinski definition) is 2. The first-order valence-corrected chi connectivity index (χ1v) is 14.9. The van der Waals surface area contributed by atoms with Crippen molar-refractivity contribution in [2.24, 2.45) is 0 Å². The number of rotatable bonds is 4. The monoisotopic (exact) mass is 644 g/mol. The summed E-state index contributed by atoms with van der Waals surface area (Å²) in [6.07, 6.45) is 7.31. The first kappa shape index (κ1) is 32.4. The van der Waals surface area contributed by atoms with Crippen LogP contribution in [0.4, 0.5) is 0 Å².